The molecule has 0 bridgehead atoms. The molecule has 0 aliphatic heterocycles. The number of thiophene rings is 1. The number of carboxylic acids is 1. The quantitative estimate of drug-likeness (QED) is 0.676. The van der Waals surface area contributed by atoms with Crippen molar-refractivity contribution in [2.45, 2.75) is 12.5 Å². The molecule has 0 aliphatic rings. The highest BCUT2D eigenvalue weighted by Gasteiger charge is 2.19. The van der Waals surface area contributed by atoms with E-state index in [9.17, 15) is 9.59 Å². The van der Waals surface area contributed by atoms with Crippen LogP contribution in [0.25, 0.3) is 10.1 Å². The molecule has 1 aromatic heterocycles. The van der Waals surface area contributed by atoms with Gasteiger partial charge in [0.05, 0.1) is 0 Å². The van der Waals surface area contributed by atoms with Crippen LogP contribution in [0.2, 0.25) is 0 Å². The lowest BCUT2D eigenvalue weighted by Gasteiger charge is -2.14. The molecule has 2 aromatic rings. The SMILES string of the molecule is O=C(Nc1ccc2sccc2c1)NC(CCO)C(=O)O. The Labute approximate surface area is 119 Å². The van der Waals surface area contributed by atoms with E-state index in [1.54, 1.807) is 17.4 Å². The first-order chi connectivity index (χ1) is 9.60. The van der Waals surface area contributed by atoms with E-state index in [-0.39, 0.29) is 13.0 Å². The molecule has 1 heterocycles. The van der Waals surface area contributed by atoms with Crippen LogP contribution in [0.1, 0.15) is 6.42 Å². The van der Waals surface area contributed by atoms with Gasteiger partial charge in [-0.15, -0.1) is 11.3 Å². The Bertz CT molecular complexity index is 626. The van der Waals surface area contributed by atoms with Crippen LogP contribution < -0.4 is 10.6 Å². The van der Waals surface area contributed by atoms with E-state index in [4.69, 9.17) is 10.2 Å². The number of fused-ring (bicyclic) bond motifs is 1. The van der Waals surface area contributed by atoms with Crippen molar-refractivity contribution < 1.29 is 19.8 Å². The minimum Gasteiger partial charge on any atom is -0.480 e. The topological polar surface area (TPSA) is 98.7 Å². The summed E-state index contributed by atoms with van der Waals surface area (Å²) in [6.45, 7) is -0.307. The largest absolute Gasteiger partial charge is 0.480 e. The van der Waals surface area contributed by atoms with Crippen molar-refractivity contribution in [1.82, 2.24) is 5.32 Å². The number of nitrogens with one attached hydrogen (secondary N) is 2. The van der Waals surface area contributed by atoms with Gasteiger partial charge in [0.15, 0.2) is 0 Å². The fraction of sp³-hybridized carbons (Fsp3) is 0.231. The minimum absolute atomic E-state index is 0.0354. The maximum atomic E-state index is 11.7. The molecule has 106 valence electrons. The van der Waals surface area contributed by atoms with Gasteiger partial charge in [-0.3, -0.25) is 0 Å². The van der Waals surface area contributed by atoms with Crippen molar-refractivity contribution in [2.24, 2.45) is 0 Å². The first-order valence-corrected chi connectivity index (χ1v) is 6.86. The second-order valence-electron chi connectivity index (χ2n) is 4.17. The van der Waals surface area contributed by atoms with Crippen LogP contribution in [0.5, 0.6) is 0 Å². The summed E-state index contributed by atoms with van der Waals surface area (Å²) < 4.78 is 1.11. The Morgan fingerprint density at radius 1 is 1.30 bits per heavy atom. The monoisotopic (exact) mass is 294 g/mol. The highest BCUT2D eigenvalue weighted by molar-refractivity contribution is 7.17. The van der Waals surface area contributed by atoms with Gasteiger partial charge < -0.3 is 20.8 Å². The van der Waals surface area contributed by atoms with Gasteiger partial charge in [0.25, 0.3) is 0 Å². The standard InChI is InChI=1S/C13H14N2O4S/c16-5-3-10(12(17)18)15-13(19)14-9-1-2-11-8(7-9)4-6-20-11/h1-2,4,6-7,10,16H,3,5H2,(H,17,18)(H2,14,15,19). The molecule has 20 heavy (non-hydrogen) atoms. The van der Waals surface area contributed by atoms with Crippen LogP contribution >= 0.6 is 11.3 Å². The predicted octanol–water partition coefficient (Wildman–Crippen LogP) is 1.86. The van der Waals surface area contributed by atoms with Crippen molar-refractivity contribution >= 4 is 39.1 Å². The van der Waals surface area contributed by atoms with Gasteiger partial charge in [-0.25, -0.2) is 9.59 Å². The summed E-state index contributed by atoms with van der Waals surface area (Å²) in [5, 5.41) is 25.5. The van der Waals surface area contributed by atoms with Crippen LogP contribution in [0.15, 0.2) is 29.6 Å². The number of anilines is 1. The third-order valence-electron chi connectivity index (χ3n) is 2.73. The molecule has 0 spiro atoms. The highest BCUT2D eigenvalue weighted by atomic mass is 32.1. The van der Waals surface area contributed by atoms with E-state index in [2.05, 4.69) is 10.6 Å². The van der Waals surface area contributed by atoms with Gasteiger partial charge in [0.1, 0.15) is 6.04 Å². The number of aliphatic hydroxyl groups excluding tert-OH is 1. The maximum absolute atomic E-state index is 11.7. The van der Waals surface area contributed by atoms with Crippen molar-refractivity contribution in [1.29, 1.82) is 0 Å². The average Bonchev–Trinajstić information content (AvgIpc) is 2.85. The Kier molecular flexibility index (Phi) is 4.54. The number of carboxylic acid groups (broad SMARTS) is 1. The number of carbonyl (C=O) groups excluding carboxylic acids is 1. The summed E-state index contributed by atoms with van der Waals surface area (Å²) in [6, 6.07) is 5.67. The van der Waals surface area contributed by atoms with E-state index in [0.29, 0.717) is 5.69 Å². The van der Waals surface area contributed by atoms with Crippen LogP contribution in [0.3, 0.4) is 0 Å². The lowest BCUT2D eigenvalue weighted by Crippen LogP contribution is -2.43. The fourth-order valence-electron chi connectivity index (χ4n) is 1.76. The lowest BCUT2D eigenvalue weighted by molar-refractivity contribution is -0.139. The Hall–Kier alpha value is -2.12. The summed E-state index contributed by atoms with van der Waals surface area (Å²) in [5.74, 6) is -1.18. The first kappa shape index (κ1) is 14.3. The number of rotatable bonds is 5. The van der Waals surface area contributed by atoms with Crippen LogP contribution in [0, 0.1) is 0 Å². The fourth-order valence-corrected chi connectivity index (χ4v) is 2.53. The van der Waals surface area contributed by atoms with E-state index in [0.717, 1.165) is 10.1 Å². The molecule has 0 saturated heterocycles. The van der Waals surface area contributed by atoms with E-state index < -0.39 is 18.0 Å². The van der Waals surface area contributed by atoms with E-state index >= 15 is 0 Å². The zero-order chi connectivity index (χ0) is 14.5. The number of aliphatic hydroxyl groups is 1. The van der Waals surface area contributed by atoms with Crippen molar-refractivity contribution in [3.63, 3.8) is 0 Å². The maximum Gasteiger partial charge on any atom is 0.326 e. The first-order valence-electron chi connectivity index (χ1n) is 5.98. The molecular formula is C13H14N2O4S. The molecule has 6 nitrogen and oxygen atoms in total. The number of hydrogen-bond acceptors (Lipinski definition) is 4. The molecule has 4 N–H and O–H groups in total. The summed E-state index contributed by atoms with van der Waals surface area (Å²) in [4.78, 5) is 22.6. The normalized spacial score (nSPS) is 12.1. The Morgan fingerprint density at radius 3 is 2.80 bits per heavy atom. The molecule has 0 saturated carbocycles. The predicted molar refractivity (Wildman–Crippen MR) is 77.1 cm³/mol. The number of carbonyl (C=O) groups is 2. The number of aliphatic carboxylic acids is 1. The smallest absolute Gasteiger partial charge is 0.326 e. The third-order valence-corrected chi connectivity index (χ3v) is 3.63. The van der Waals surface area contributed by atoms with Crippen LogP contribution in [-0.4, -0.2) is 34.9 Å². The number of hydrogen-bond donors (Lipinski definition) is 4. The van der Waals surface area contributed by atoms with Crippen molar-refractivity contribution in [2.75, 3.05) is 11.9 Å². The third kappa shape index (κ3) is 3.46. The zero-order valence-electron chi connectivity index (χ0n) is 10.5. The number of amides is 2. The van der Waals surface area contributed by atoms with Gasteiger partial charge in [-0.05, 0) is 35.0 Å². The second kappa shape index (κ2) is 6.36. The van der Waals surface area contributed by atoms with Crippen molar-refractivity contribution in [3.05, 3.63) is 29.6 Å². The zero-order valence-corrected chi connectivity index (χ0v) is 11.3. The second-order valence-corrected chi connectivity index (χ2v) is 5.12. The summed E-state index contributed by atoms with van der Waals surface area (Å²) in [5.41, 5.74) is 0.585. The lowest BCUT2D eigenvalue weighted by atomic mass is 10.2. The van der Waals surface area contributed by atoms with E-state index in [1.807, 2.05) is 23.6 Å². The molecule has 7 heteroatoms. The van der Waals surface area contributed by atoms with Gasteiger partial charge in [-0.1, -0.05) is 0 Å². The molecule has 2 rings (SSSR count). The van der Waals surface area contributed by atoms with Crippen molar-refractivity contribution in [3.8, 4) is 0 Å². The highest BCUT2D eigenvalue weighted by Crippen LogP contribution is 2.23. The van der Waals surface area contributed by atoms with E-state index in [1.165, 1.54) is 0 Å². The molecule has 0 fully saturated rings. The van der Waals surface area contributed by atoms with Gasteiger partial charge in [0.2, 0.25) is 0 Å². The summed E-state index contributed by atoms with van der Waals surface area (Å²) in [6.07, 6.45) is -0.0354. The molecule has 1 unspecified atom stereocenters. The molecule has 1 atom stereocenters. The molecule has 0 aliphatic carbocycles. The van der Waals surface area contributed by atoms with Gasteiger partial charge >= 0.3 is 12.0 Å². The molecular weight excluding hydrogens is 280 g/mol. The Balaban J connectivity index is 2.01. The van der Waals surface area contributed by atoms with Gasteiger partial charge in [0, 0.05) is 23.4 Å². The van der Waals surface area contributed by atoms with Crippen LogP contribution in [-0.2, 0) is 4.79 Å². The molecule has 0 radical (unpaired) electrons. The summed E-state index contributed by atoms with van der Waals surface area (Å²) >= 11 is 1.60. The summed E-state index contributed by atoms with van der Waals surface area (Å²) in [7, 11) is 0. The average molecular weight is 294 g/mol. The molecule has 2 amide bonds. The minimum atomic E-state index is -1.18. The number of benzene rings is 1. The number of urea groups is 1. The molecule has 1 aromatic carbocycles. The Morgan fingerprint density at radius 2 is 2.10 bits per heavy atom. The van der Waals surface area contributed by atoms with Crippen LogP contribution in [0.4, 0.5) is 10.5 Å². The van der Waals surface area contributed by atoms with Gasteiger partial charge in [-0.2, -0.15) is 0 Å².